The van der Waals surface area contributed by atoms with Crippen LogP contribution in [0.5, 0.6) is 5.75 Å². The number of phenols is 1. The minimum Gasteiger partial charge on any atom is -0.507 e. The average molecular weight is 506 g/mol. The molecule has 0 aliphatic carbocycles. The highest BCUT2D eigenvalue weighted by molar-refractivity contribution is 5.92. The van der Waals surface area contributed by atoms with Crippen LogP contribution in [0.2, 0.25) is 0 Å². The van der Waals surface area contributed by atoms with Crippen molar-refractivity contribution in [2.75, 3.05) is 13.1 Å². The summed E-state index contributed by atoms with van der Waals surface area (Å²) in [5.41, 5.74) is 0.267. The molecular weight excluding hydrogens is 458 g/mol. The Bertz CT molecular complexity index is 863. The van der Waals surface area contributed by atoms with E-state index in [1.807, 2.05) is 20.8 Å². The van der Waals surface area contributed by atoms with E-state index in [4.69, 9.17) is 4.74 Å². The van der Waals surface area contributed by atoms with Crippen LogP contribution in [0, 0.1) is 12.8 Å². The summed E-state index contributed by atoms with van der Waals surface area (Å²) in [4.78, 5) is 41.5. The summed E-state index contributed by atoms with van der Waals surface area (Å²) < 4.78 is 5.40. The zero-order valence-electron chi connectivity index (χ0n) is 23.4. The van der Waals surface area contributed by atoms with Crippen molar-refractivity contribution in [1.29, 1.82) is 0 Å². The summed E-state index contributed by atoms with van der Waals surface area (Å²) in [5, 5.41) is 16.6. The molecule has 0 aliphatic rings. The molecule has 36 heavy (non-hydrogen) atoms. The highest BCUT2D eigenvalue weighted by Gasteiger charge is 2.37. The number of para-hydroxylation sites is 1. The van der Waals surface area contributed by atoms with Crippen molar-refractivity contribution < 1.29 is 24.2 Å². The molecule has 0 spiro atoms. The first-order valence-corrected chi connectivity index (χ1v) is 13.2. The maximum absolute atomic E-state index is 14.0. The quantitative estimate of drug-likeness (QED) is 0.318. The number of unbranched alkanes of at least 4 members (excludes halogenated alkanes) is 2. The molecule has 0 fully saturated rings. The lowest BCUT2D eigenvalue weighted by molar-refractivity contribution is -0.142. The molecule has 0 radical (unpaired) electrons. The first-order valence-electron chi connectivity index (χ1n) is 13.2. The van der Waals surface area contributed by atoms with Crippen molar-refractivity contribution in [3.63, 3.8) is 0 Å². The van der Waals surface area contributed by atoms with E-state index >= 15 is 0 Å². The second-order valence-corrected chi connectivity index (χ2v) is 10.8. The average Bonchev–Trinajstić information content (AvgIpc) is 2.76. The Morgan fingerprint density at radius 1 is 1.08 bits per heavy atom. The van der Waals surface area contributed by atoms with Crippen LogP contribution in [0.1, 0.15) is 97.7 Å². The topological polar surface area (TPSA) is 108 Å². The molecular formula is C28H47N3O5. The number of hydrogen-bond acceptors (Lipinski definition) is 5. The van der Waals surface area contributed by atoms with Gasteiger partial charge in [-0.15, -0.1) is 0 Å². The second kappa shape index (κ2) is 14.7. The number of aryl methyl sites for hydroxylation is 1. The molecule has 0 heterocycles. The van der Waals surface area contributed by atoms with Gasteiger partial charge in [0.1, 0.15) is 23.4 Å². The first-order chi connectivity index (χ1) is 16.8. The molecule has 1 aromatic carbocycles. The van der Waals surface area contributed by atoms with Gasteiger partial charge >= 0.3 is 6.09 Å². The molecule has 0 bridgehead atoms. The lowest BCUT2D eigenvalue weighted by Gasteiger charge is -2.35. The number of carbonyl (C=O) groups excluding carboxylic acids is 3. The largest absolute Gasteiger partial charge is 0.507 e. The summed E-state index contributed by atoms with van der Waals surface area (Å²) in [6.45, 7) is 15.7. The van der Waals surface area contributed by atoms with Crippen molar-refractivity contribution in [1.82, 2.24) is 15.5 Å². The van der Waals surface area contributed by atoms with E-state index in [1.54, 1.807) is 45.9 Å². The molecule has 8 heteroatoms. The van der Waals surface area contributed by atoms with Crippen LogP contribution < -0.4 is 10.6 Å². The summed E-state index contributed by atoms with van der Waals surface area (Å²) in [6, 6.07) is 3.28. The van der Waals surface area contributed by atoms with Gasteiger partial charge in [0.15, 0.2) is 0 Å². The molecule has 1 aromatic rings. The van der Waals surface area contributed by atoms with E-state index in [9.17, 15) is 19.5 Å². The van der Waals surface area contributed by atoms with E-state index in [0.717, 1.165) is 19.3 Å². The summed E-state index contributed by atoms with van der Waals surface area (Å²) in [6.07, 6.45) is 3.12. The van der Waals surface area contributed by atoms with Gasteiger partial charge in [-0.05, 0) is 58.4 Å². The van der Waals surface area contributed by atoms with Crippen molar-refractivity contribution in [3.05, 3.63) is 29.3 Å². The van der Waals surface area contributed by atoms with E-state index in [0.29, 0.717) is 30.5 Å². The SMILES string of the molecule is CCCCCNC(=O)C(c1cccc(C)c1O)N(CCC)C(=O)C(CC(C)C)NC(=O)OC(C)(C)C. The van der Waals surface area contributed by atoms with Crippen LogP contribution in [0.15, 0.2) is 18.2 Å². The predicted octanol–water partition coefficient (Wildman–Crippen LogP) is 5.23. The monoisotopic (exact) mass is 505 g/mol. The lowest BCUT2D eigenvalue weighted by Crippen LogP contribution is -2.53. The van der Waals surface area contributed by atoms with Crippen molar-refractivity contribution in [3.8, 4) is 5.75 Å². The van der Waals surface area contributed by atoms with Crippen LogP contribution in [-0.2, 0) is 14.3 Å². The first kappa shape index (κ1) is 31.3. The Morgan fingerprint density at radius 3 is 2.31 bits per heavy atom. The minimum absolute atomic E-state index is 0.0133. The summed E-state index contributed by atoms with van der Waals surface area (Å²) >= 11 is 0. The number of nitrogens with zero attached hydrogens (tertiary/aromatic N) is 1. The summed E-state index contributed by atoms with van der Waals surface area (Å²) in [5.74, 6) is -0.646. The molecule has 0 aliphatic heterocycles. The number of carbonyl (C=O) groups is 3. The number of benzene rings is 1. The molecule has 0 aromatic heterocycles. The van der Waals surface area contributed by atoms with Gasteiger partial charge in [0.05, 0.1) is 0 Å². The number of rotatable bonds is 13. The zero-order chi connectivity index (χ0) is 27.5. The maximum Gasteiger partial charge on any atom is 0.408 e. The van der Waals surface area contributed by atoms with Gasteiger partial charge in [-0.3, -0.25) is 9.59 Å². The Hall–Kier alpha value is -2.77. The highest BCUT2D eigenvalue weighted by Crippen LogP contribution is 2.32. The molecule has 2 atom stereocenters. The Kier molecular flexibility index (Phi) is 12.8. The number of aromatic hydroxyl groups is 1. The van der Waals surface area contributed by atoms with Crippen LogP contribution >= 0.6 is 0 Å². The molecule has 2 unspecified atom stereocenters. The van der Waals surface area contributed by atoms with E-state index in [1.165, 1.54) is 4.90 Å². The molecule has 1 rings (SSSR count). The standard InChI is InChI=1S/C28H47N3O5/c1-9-11-12-16-29-25(33)23(21-15-13-14-20(5)24(21)32)31(17-10-2)26(34)22(18-19(3)4)30-27(35)36-28(6,7)8/h13-15,19,22-23,32H,9-12,16-18H2,1-8H3,(H,29,33)(H,30,35). The van der Waals surface area contributed by atoms with Crippen LogP contribution in [0.3, 0.4) is 0 Å². The van der Waals surface area contributed by atoms with E-state index in [-0.39, 0.29) is 30.0 Å². The van der Waals surface area contributed by atoms with Gasteiger partial charge in [0.2, 0.25) is 11.8 Å². The van der Waals surface area contributed by atoms with Gasteiger partial charge in [0, 0.05) is 18.7 Å². The van der Waals surface area contributed by atoms with Crippen molar-refractivity contribution in [2.45, 2.75) is 105 Å². The third kappa shape index (κ3) is 10.1. The smallest absolute Gasteiger partial charge is 0.408 e. The van der Waals surface area contributed by atoms with Crippen LogP contribution in [-0.4, -0.2) is 52.6 Å². The highest BCUT2D eigenvalue weighted by atomic mass is 16.6. The number of ether oxygens (including phenoxy) is 1. The van der Waals surface area contributed by atoms with Gasteiger partial charge in [-0.25, -0.2) is 4.79 Å². The molecule has 3 amide bonds. The fraction of sp³-hybridized carbons (Fsp3) is 0.679. The number of hydrogen-bond donors (Lipinski definition) is 3. The molecule has 0 saturated heterocycles. The Balaban J connectivity index is 3.43. The maximum atomic E-state index is 14.0. The van der Waals surface area contributed by atoms with Crippen molar-refractivity contribution >= 4 is 17.9 Å². The Labute approximate surface area is 217 Å². The third-order valence-corrected chi connectivity index (χ3v) is 5.65. The fourth-order valence-corrected chi connectivity index (χ4v) is 3.99. The number of amides is 3. The van der Waals surface area contributed by atoms with Gasteiger partial charge < -0.3 is 25.4 Å². The van der Waals surface area contributed by atoms with E-state index < -0.39 is 23.8 Å². The minimum atomic E-state index is -1.03. The number of phenolic OH excluding ortho intramolecular Hbond substituents is 1. The molecule has 8 nitrogen and oxygen atoms in total. The molecule has 0 saturated carbocycles. The zero-order valence-corrected chi connectivity index (χ0v) is 23.4. The molecule has 3 N–H and O–H groups in total. The van der Waals surface area contributed by atoms with Crippen LogP contribution in [0.4, 0.5) is 4.79 Å². The molecule has 204 valence electrons. The van der Waals surface area contributed by atoms with Crippen LogP contribution in [0.25, 0.3) is 0 Å². The normalized spacial score (nSPS) is 13.1. The van der Waals surface area contributed by atoms with Crippen molar-refractivity contribution in [2.24, 2.45) is 5.92 Å². The fourth-order valence-electron chi connectivity index (χ4n) is 3.99. The van der Waals surface area contributed by atoms with Gasteiger partial charge in [-0.2, -0.15) is 0 Å². The Morgan fingerprint density at radius 2 is 1.75 bits per heavy atom. The number of nitrogens with one attached hydrogen (secondary N) is 2. The predicted molar refractivity (Wildman–Crippen MR) is 143 cm³/mol. The van der Waals surface area contributed by atoms with Gasteiger partial charge in [-0.1, -0.05) is 58.7 Å². The summed E-state index contributed by atoms with van der Waals surface area (Å²) in [7, 11) is 0. The lowest BCUT2D eigenvalue weighted by atomic mass is 9.97. The second-order valence-electron chi connectivity index (χ2n) is 10.8. The van der Waals surface area contributed by atoms with E-state index in [2.05, 4.69) is 17.6 Å². The number of alkyl carbamates (subject to hydrolysis) is 1. The van der Waals surface area contributed by atoms with Gasteiger partial charge in [0.25, 0.3) is 0 Å². The third-order valence-electron chi connectivity index (χ3n) is 5.65.